The number of anilines is 1. The Morgan fingerprint density at radius 1 is 0.736 bits per heavy atom. The molecule has 5 aromatic carbocycles. The zero-order valence-electron chi connectivity index (χ0n) is 29.8. The first-order valence-electron chi connectivity index (χ1n) is 18.7. The summed E-state index contributed by atoms with van der Waals surface area (Å²) >= 11 is 0. The van der Waals surface area contributed by atoms with Crippen LogP contribution in [0.3, 0.4) is 0 Å². The summed E-state index contributed by atoms with van der Waals surface area (Å²) in [6.45, 7) is 7.16. The van der Waals surface area contributed by atoms with Crippen LogP contribution in [0.2, 0.25) is 0 Å². The second-order valence-corrected chi connectivity index (χ2v) is 14.2. The van der Waals surface area contributed by atoms with E-state index in [-0.39, 0.29) is 12.0 Å². The molecular formula is C50H39N3. The Hall–Kier alpha value is -6.45. The zero-order valence-corrected chi connectivity index (χ0v) is 29.8. The molecule has 3 heteroatoms. The van der Waals surface area contributed by atoms with Gasteiger partial charge in [-0.05, 0) is 71.5 Å². The fraction of sp³-hybridized carbons (Fsp3) is 0.100. The minimum atomic E-state index is 0.0934. The highest BCUT2D eigenvalue weighted by molar-refractivity contribution is 5.98. The minimum Gasteiger partial charge on any atom is -0.333 e. The van der Waals surface area contributed by atoms with Gasteiger partial charge >= 0.3 is 0 Å². The van der Waals surface area contributed by atoms with E-state index in [1.807, 2.05) is 0 Å². The van der Waals surface area contributed by atoms with E-state index in [9.17, 15) is 0 Å². The van der Waals surface area contributed by atoms with Crippen molar-refractivity contribution in [3.63, 3.8) is 0 Å². The number of rotatable bonds is 4. The number of allylic oxidation sites excluding steroid dienone is 4. The summed E-state index contributed by atoms with van der Waals surface area (Å²) in [5.41, 5.74) is 12.8. The van der Waals surface area contributed by atoms with Crippen LogP contribution in [0.4, 0.5) is 5.69 Å². The van der Waals surface area contributed by atoms with Crippen molar-refractivity contribution < 1.29 is 0 Å². The maximum atomic E-state index is 5.26. The fourth-order valence-corrected chi connectivity index (χ4v) is 8.96. The van der Waals surface area contributed by atoms with Gasteiger partial charge in [0, 0.05) is 38.7 Å². The monoisotopic (exact) mass is 681 g/mol. The Labute approximate surface area is 310 Å². The topological polar surface area (TPSA) is 21.1 Å². The Kier molecular flexibility index (Phi) is 7.47. The second kappa shape index (κ2) is 12.6. The van der Waals surface area contributed by atoms with Crippen LogP contribution in [0.25, 0.3) is 68.2 Å². The van der Waals surface area contributed by atoms with E-state index >= 15 is 0 Å². The summed E-state index contributed by atoms with van der Waals surface area (Å²) in [6.07, 6.45) is 18.1. The van der Waals surface area contributed by atoms with E-state index in [0.717, 1.165) is 46.4 Å². The molecule has 53 heavy (non-hydrogen) atoms. The van der Waals surface area contributed by atoms with Crippen molar-refractivity contribution in [2.45, 2.75) is 25.8 Å². The van der Waals surface area contributed by atoms with Crippen molar-refractivity contribution in [3.05, 3.63) is 191 Å². The molecule has 1 aliphatic heterocycles. The lowest BCUT2D eigenvalue weighted by atomic mass is 9.90. The Bertz CT molecular complexity index is 2760. The van der Waals surface area contributed by atoms with Gasteiger partial charge in [-0.3, -0.25) is 0 Å². The molecule has 2 aromatic heterocycles. The molecule has 2 atom stereocenters. The largest absolute Gasteiger partial charge is 0.333 e. The molecule has 10 rings (SSSR count). The Morgan fingerprint density at radius 2 is 1.40 bits per heavy atom. The number of aromatic nitrogens is 2. The molecule has 2 unspecified atom stereocenters. The van der Waals surface area contributed by atoms with E-state index < -0.39 is 0 Å². The van der Waals surface area contributed by atoms with Gasteiger partial charge < -0.3 is 9.47 Å². The molecule has 3 heterocycles. The first-order valence-corrected chi connectivity index (χ1v) is 18.7. The van der Waals surface area contributed by atoms with Crippen LogP contribution < -0.4 is 15.5 Å². The van der Waals surface area contributed by atoms with Crippen LogP contribution in [0, 0.1) is 5.92 Å². The molecule has 0 radical (unpaired) electrons. The van der Waals surface area contributed by atoms with E-state index in [2.05, 4.69) is 186 Å². The number of para-hydroxylation sites is 1. The average Bonchev–Trinajstić information content (AvgIpc) is 3.71. The lowest BCUT2D eigenvalue weighted by Gasteiger charge is -2.29. The first kappa shape index (κ1) is 31.3. The number of nitrogens with zero attached hydrogens (tertiary/aromatic N) is 3. The molecule has 0 amide bonds. The van der Waals surface area contributed by atoms with Crippen molar-refractivity contribution in [2.75, 3.05) is 4.90 Å². The molecule has 0 N–H and O–H groups in total. The van der Waals surface area contributed by atoms with Gasteiger partial charge in [0.25, 0.3) is 0 Å². The maximum Gasteiger partial charge on any atom is 0.0730 e. The molecular weight excluding hydrogens is 643 g/mol. The molecule has 0 spiro atoms. The lowest BCUT2D eigenvalue weighted by molar-refractivity contribution is 0.704. The first-order chi connectivity index (χ1) is 26.2. The van der Waals surface area contributed by atoms with E-state index in [4.69, 9.17) is 11.6 Å². The van der Waals surface area contributed by atoms with Gasteiger partial charge in [0.05, 0.1) is 34.3 Å². The summed E-state index contributed by atoms with van der Waals surface area (Å²) in [5, 5.41) is 5.94. The van der Waals surface area contributed by atoms with E-state index in [1.54, 1.807) is 0 Å². The summed E-state index contributed by atoms with van der Waals surface area (Å²) in [5.74, 6) is 0.189. The van der Waals surface area contributed by atoms with Crippen molar-refractivity contribution in [3.8, 4) is 28.2 Å². The van der Waals surface area contributed by atoms with Crippen LogP contribution >= 0.6 is 0 Å². The Morgan fingerprint density at radius 3 is 2.13 bits per heavy atom. The lowest BCUT2D eigenvalue weighted by Crippen LogP contribution is -2.36. The molecule has 1 fully saturated rings. The van der Waals surface area contributed by atoms with Crippen LogP contribution in [0.1, 0.15) is 24.5 Å². The van der Waals surface area contributed by atoms with Gasteiger partial charge in [-0.15, -0.1) is 0 Å². The third-order valence-electron chi connectivity index (χ3n) is 11.3. The molecule has 3 nitrogen and oxygen atoms in total. The smallest absolute Gasteiger partial charge is 0.0730 e. The summed E-state index contributed by atoms with van der Waals surface area (Å²) in [4.78, 5) is 7.83. The SMILES string of the molecule is C=c1/c(=C2\C(=C/C)C3C=CC=CC3N2c2cc(-c3ccccc3)nc(-c3ccccc3)c2)c2ccccc2n1-c1cc2ccccc2c2c1CCC=C2. The Balaban J connectivity index is 1.31. The average molecular weight is 682 g/mol. The molecule has 1 saturated heterocycles. The molecule has 0 saturated carbocycles. The highest BCUT2D eigenvalue weighted by Crippen LogP contribution is 2.46. The zero-order chi connectivity index (χ0) is 35.5. The van der Waals surface area contributed by atoms with Gasteiger partial charge in [0.15, 0.2) is 0 Å². The third-order valence-corrected chi connectivity index (χ3v) is 11.3. The highest BCUT2D eigenvalue weighted by atomic mass is 15.2. The predicted molar refractivity (Wildman–Crippen MR) is 223 cm³/mol. The molecule has 2 aliphatic carbocycles. The van der Waals surface area contributed by atoms with E-state index in [1.165, 1.54) is 55.0 Å². The van der Waals surface area contributed by atoms with Crippen LogP contribution in [-0.4, -0.2) is 15.6 Å². The quantitative estimate of drug-likeness (QED) is 0.184. The number of pyridine rings is 1. The number of benzene rings is 5. The number of hydrogen-bond donors (Lipinski definition) is 0. The van der Waals surface area contributed by atoms with Crippen molar-refractivity contribution >= 4 is 45.7 Å². The van der Waals surface area contributed by atoms with Crippen molar-refractivity contribution in [2.24, 2.45) is 5.92 Å². The van der Waals surface area contributed by atoms with Gasteiger partial charge in [0.1, 0.15) is 0 Å². The van der Waals surface area contributed by atoms with Crippen molar-refractivity contribution in [1.82, 2.24) is 9.55 Å². The number of fused-ring (bicyclic) bond motifs is 5. The number of hydrogen-bond acceptors (Lipinski definition) is 2. The molecule has 0 bridgehead atoms. The summed E-state index contributed by atoms with van der Waals surface area (Å²) < 4.78 is 2.44. The standard InChI is InChI=1S/C50H39N3/c1-3-38-41-25-14-16-28-46(41)53(37-31-44(34-18-6-4-7-19-34)51-45(32-37)35-20-8-5-9-21-35)50(38)49-33(2)52(47-29-17-15-27-43(47)49)48-30-36-22-10-11-23-39(36)40-24-12-13-26-42(40)48/h3-12,14-25,27-32,41,46H,2,13,26H2,1H3/b38-3-,50-49-. The van der Waals surface area contributed by atoms with Gasteiger partial charge in [-0.2, -0.15) is 0 Å². The van der Waals surface area contributed by atoms with Crippen LogP contribution in [-0.2, 0) is 6.42 Å². The maximum absolute atomic E-state index is 5.26. The van der Waals surface area contributed by atoms with E-state index in [0.29, 0.717) is 0 Å². The predicted octanol–water partition coefficient (Wildman–Crippen LogP) is 10.6. The summed E-state index contributed by atoms with van der Waals surface area (Å²) in [6, 6.07) is 45.8. The van der Waals surface area contributed by atoms with Crippen LogP contribution in [0.15, 0.2) is 169 Å². The molecule has 3 aliphatic rings. The van der Waals surface area contributed by atoms with Gasteiger partial charge in [-0.1, -0.05) is 152 Å². The normalized spacial score (nSPS) is 19.3. The third kappa shape index (κ3) is 4.99. The summed E-state index contributed by atoms with van der Waals surface area (Å²) in [7, 11) is 0. The second-order valence-electron chi connectivity index (χ2n) is 14.2. The van der Waals surface area contributed by atoms with Gasteiger partial charge in [-0.25, -0.2) is 4.98 Å². The highest BCUT2D eigenvalue weighted by Gasteiger charge is 2.41. The minimum absolute atomic E-state index is 0.0934. The van der Waals surface area contributed by atoms with Crippen LogP contribution in [0.5, 0.6) is 0 Å². The fourth-order valence-electron chi connectivity index (χ4n) is 8.96. The van der Waals surface area contributed by atoms with Gasteiger partial charge in [0.2, 0.25) is 0 Å². The molecule has 254 valence electrons. The van der Waals surface area contributed by atoms with Crippen molar-refractivity contribution in [1.29, 1.82) is 0 Å². The molecule has 7 aromatic rings.